The molecule has 36 heavy (non-hydrogen) atoms. The van der Waals surface area contributed by atoms with E-state index in [9.17, 15) is 4.79 Å². The molecule has 0 aromatic heterocycles. The lowest BCUT2D eigenvalue weighted by atomic mass is 9.83. The van der Waals surface area contributed by atoms with Gasteiger partial charge in [-0.3, -0.25) is 4.90 Å². The van der Waals surface area contributed by atoms with Crippen LogP contribution in [0.4, 0.5) is 16.2 Å². The van der Waals surface area contributed by atoms with Gasteiger partial charge in [0.2, 0.25) is 0 Å². The molecule has 2 amide bonds. The number of fused-ring (bicyclic) bond motifs is 1. The largest absolute Gasteiger partial charge is 0.486 e. The number of hydrogen-bond donors (Lipinski definition) is 1. The number of carbonyl (C=O) groups excluding carboxylic acids is 1. The van der Waals surface area contributed by atoms with Crippen molar-refractivity contribution in [3.05, 3.63) is 77.9 Å². The zero-order valence-electron chi connectivity index (χ0n) is 21.6. The first kappa shape index (κ1) is 24.4. The molecule has 0 radical (unpaired) electrons. The molecule has 5 rings (SSSR count). The number of anilines is 2. The van der Waals surface area contributed by atoms with Gasteiger partial charge in [-0.25, -0.2) is 4.79 Å². The second-order valence-corrected chi connectivity index (χ2v) is 10.2. The van der Waals surface area contributed by atoms with Crippen LogP contribution in [-0.4, -0.2) is 18.7 Å². The summed E-state index contributed by atoms with van der Waals surface area (Å²) < 4.78 is 6.41. The van der Waals surface area contributed by atoms with Crippen molar-refractivity contribution in [3.63, 3.8) is 0 Å². The number of nitrogens with one attached hydrogen (secondary N) is 1. The van der Waals surface area contributed by atoms with Crippen LogP contribution in [0.1, 0.15) is 75.8 Å². The van der Waals surface area contributed by atoms with Crippen molar-refractivity contribution >= 4 is 17.4 Å². The van der Waals surface area contributed by atoms with Crippen LogP contribution >= 0.6 is 0 Å². The van der Waals surface area contributed by atoms with Gasteiger partial charge in [0.15, 0.2) is 0 Å². The van der Waals surface area contributed by atoms with Crippen LogP contribution in [0.5, 0.6) is 5.75 Å². The number of nitrogens with zero attached hydrogens (tertiary/aromatic N) is 1. The second kappa shape index (κ2) is 11.2. The third-order valence-corrected chi connectivity index (χ3v) is 7.75. The Morgan fingerprint density at radius 3 is 2.44 bits per heavy atom. The summed E-state index contributed by atoms with van der Waals surface area (Å²) >= 11 is 0. The third kappa shape index (κ3) is 5.28. The van der Waals surface area contributed by atoms with Crippen LogP contribution in [0.25, 0.3) is 11.1 Å². The highest BCUT2D eigenvalue weighted by Crippen LogP contribution is 2.39. The Hall–Kier alpha value is -3.27. The van der Waals surface area contributed by atoms with Gasteiger partial charge in [0.25, 0.3) is 0 Å². The number of benzene rings is 3. The molecule has 4 heteroatoms. The Bertz CT molecular complexity index is 1180. The normalized spacial score (nSPS) is 17.8. The second-order valence-electron chi connectivity index (χ2n) is 10.2. The van der Waals surface area contributed by atoms with Gasteiger partial charge in [-0.05, 0) is 72.1 Å². The molecule has 188 valence electrons. The number of aryl methyl sites for hydroxylation is 1. The fourth-order valence-corrected chi connectivity index (χ4v) is 5.71. The number of para-hydroxylation sites is 1. The van der Waals surface area contributed by atoms with Gasteiger partial charge in [-0.15, -0.1) is 0 Å². The molecule has 0 bridgehead atoms. The molecule has 2 aliphatic rings. The van der Waals surface area contributed by atoms with E-state index in [1.807, 2.05) is 29.2 Å². The van der Waals surface area contributed by atoms with Gasteiger partial charge >= 0.3 is 6.03 Å². The van der Waals surface area contributed by atoms with E-state index in [0.29, 0.717) is 12.5 Å². The molecular weight excluding hydrogens is 444 g/mol. The molecule has 1 heterocycles. The summed E-state index contributed by atoms with van der Waals surface area (Å²) in [5.74, 6) is 1.49. The monoisotopic (exact) mass is 482 g/mol. The van der Waals surface area contributed by atoms with Crippen molar-refractivity contribution in [2.24, 2.45) is 0 Å². The summed E-state index contributed by atoms with van der Waals surface area (Å²) in [4.78, 5) is 15.3. The van der Waals surface area contributed by atoms with Crippen molar-refractivity contribution in [1.29, 1.82) is 0 Å². The van der Waals surface area contributed by atoms with Crippen molar-refractivity contribution in [1.82, 2.24) is 0 Å². The summed E-state index contributed by atoms with van der Waals surface area (Å²) in [7, 11) is 0. The van der Waals surface area contributed by atoms with E-state index in [-0.39, 0.29) is 12.1 Å². The van der Waals surface area contributed by atoms with Crippen LogP contribution in [0.3, 0.4) is 0 Å². The molecule has 0 saturated heterocycles. The van der Waals surface area contributed by atoms with Gasteiger partial charge in [-0.2, -0.15) is 0 Å². The first-order valence-electron chi connectivity index (χ1n) is 13.7. The lowest BCUT2D eigenvalue weighted by Crippen LogP contribution is -2.45. The van der Waals surface area contributed by atoms with Crippen molar-refractivity contribution in [2.75, 3.05) is 16.8 Å². The average Bonchev–Trinajstić information content (AvgIpc) is 2.93. The average molecular weight is 483 g/mol. The first-order valence-corrected chi connectivity index (χ1v) is 13.7. The molecule has 1 saturated carbocycles. The van der Waals surface area contributed by atoms with E-state index < -0.39 is 0 Å². The minimum Gasteiger partial charge on any atom is -0.486 e. The van der Waals surface area contributed by atoms with E-state index in [4.69, 9.17) is 4.74 Å². The van der Waals surface area contributed by atoms with Crippen molar-refractivity contribution < 1.29 is 9.53 Å². The summed E-state index contributed by atoms with van der Waals surface area (Å²) in [6.45, 7) is 4.82. The Kier molecular flexibility index (Phi) is 7.60. The standard InChI is InChI=1S/C32H38N2O2/c1-3-10-28-22-34(32(35)33-29-14-9-8-11-23(29)4-2)30-20-19-27(21-31(30)36-28)26-17-15-25(16-18-26)24-12-6-5-7-13-24/h8-9,11,14-21,24,28H,3-7,10,12-13,22H2,1-2H3,(H,33,35). The lowest BCUT2D eigenvalue weighted by molar-refractivity contribution is 0.182. The summed E-state index contributed by atoms with van der Waals surface area (Å²) in [5.41, 5.74) is 6.61. The molecule has 1 aliphatic heterocycles. The van der Waals surface area contributed by atoms with Crippen LogP contribution in [0, 0.1) is 0 Å². The summed E-state index contributed by atoms with van der Waals surface area (Å²) in [5, 5.41) is 3.15. The molecule has 3 aromatic carbocycles. The summed E-state index contributed by atoms with van der Waals surface area (Å²) in [6, 6.07) is 23.2. The van der Waals surface area contributed by atoms with E-state index in [1.165, 1.54) is 43.2 Å². The highest BCUT2D eigenvalue weighted by Gasteiger charge is 2.30. The molecule has 1 unspecified atom stereocenters. The molecule has 0 spiro atoms. The minimum atomic E-state index is -0.105. The fraction of sp³-hybridized carbons (Fsp3) is 0.406. The Morgan fingerprint density at radius 1 is 0.944 bits per heavy atom. The van der Waals surface area contributed by atoms with Crippen LogP contribution in [0.15, 0.2) is 66.7 Å². The topological polar surface area (TPSA) is 41.6 Å². The maximum absolute atomic E-state index is 13.5. The smallest absolute Gasteiger partial charge is 0.326 e. The molecule has 1 N–H and O–H groups in total. The van der Waals surface area contributed by atoms with Crippen LogP contribution in [-0.2, 0) is 6.42 Å². The number of urea groups is 1. The predicted molar refractivity (Wildman–Crippen MR) is 149 cm³/mol. The van der Waals surface area contributed by atoms with E-state index in [0.717, 1.165) is 47.5 Å². The number of hydrogen-bond acceptors (Lipinski definition) is 2. The number of ether oxygens (including phenoxy) is 1. The van der Waals surface area contributed by atoms with Gasteiger partial charge in [0.1, 0.15) is 11.9 Å². The zero-order chi connectivity index (χ0) is 24.9. The summed E-state index contributed by atoms with van der Waals surface area (Å²) in [6.07, 6.45) is 9.48. The minimum absolute atomic E-state index is 0.0152. The fourth-order valence-electron chi connectivity index (χ4n) is 5.71. The van der Waals surface area contributed by atoms with Crippen molar-refractivity contribution in [2.45, 2.75) is 77.2 Å². The molecular formula is C32H38N2O2. The highest BCUT2D eigenvalue weighted by atomic mass is 16.5. The molecule has 1 atom stereocenters. The van der Waals surface area contributed by atoms with Gasteiger partial charge in [-0.1, -0.05) is 88.1 Å². The van der Waals surface area contributed by atoms with E-state index >= 15 is 0 Å². The number of carbonyl (C=O) groups is 1. The highest BCUT2D eigenvalue weighted by molar-refractivity contribution is 6.03. The lowest BCUT2D eigenvalue weighted by Gasteiger charge is -2.35. The quantitative estimate of drug-likeness (QED) is 0.382. The SMILES string of the molecule is CCCC1CN(C(=O)Nc2ccccc2CC)c2ccc(-c3ccc(C4CCCCC4)cc3)cc2O1. The van der Waals surface area contributed by atoms with Gasteiger partial charge in [0.05, 0.1) is 12.2 Å². The maximum Gasteiger partial charge on any atom is 0.326 e. The zero-order valence-corrected chi connectivity index (χ0v) is 21.6. The maximum atomic E-state index is 13.5. The van der Waals surface area contributed by atoms with E-state index in [2.05, 4.69) is 61.6 Å². The predicted octanol–water partition coefficient (Wildman–Crippen LogP) is 8.56. The van der Waals surface area contributed by atoms with E-state index in [1.54, 1.807) is 0 Å². The number of amides is 2. The molecule has 1 fully saturated rings. The Balaban J connectivity index is 1.40. The third-order valence-electron chi connectivity index (χ3n) is 7.75. The molecule has 3 aromatic rings. The van der Waals surface area contributed by atoms with Gasteiger partial charge < -0.3 is 10.1 Å². The Morgan fingerprint density at radius 2 is 1.69 bits per heavy atom. The van der Waals surface area contributed by atoms with Crippen molar-refractivity contribution in [3.8, 4) is 16.9 Å². The first-order chi connectivity index (χ1) is 17.7. The molecule has 4 nitrogen and oxygen atoms in total. The van der Waals surface area contributed by atoms with Crippen LogP contribution in [0.2, 0.25) is 0 Å². The Labute approximate surface area is 215 Å². The number of rotatable bonds is 6. The van der Waals surface area contributed by atoms with Gasteiger partial charge in [0, 0.05) is 5.69 Å². The molecule has 1 aliphatic carbocycles. The van der Waals surface area contributed by atoms with Crippen LogP contribution < -0.4 is 15.0 Å².